The van der Waals surface area contributed by atoms with Crippen LogP contribution >= 0.6 is 22.7 Å². The first-order chi connectivity index (χ1) is 9.20. The zero-order valence-corrected chi connectivity index (χ0v) is 12.1. The fourth-order valence-corrected chi connectivity index (χ4v) is 3.48. The summed E-state index contributed by atoms with van der Waals surface area (Å²) in [5.74, 6) is 0. The monoisotopic (exact) mass is 290 g/mol. The van der Waals surface area contributed by atoms with Gasteiger partial charge >= 0.3 is 0 Å². The van der Waals surface area contributed by atoms with Gasteiger partial charge in [-0.05, 0) is 24.6 Å². The Morgan fingerprint density at radius 1 is 1.26 bits per heavy atom. The standard InChI is InChI=1S/C13H14N4S2/c1-8-16-7-10(18-8)6-15-5-9-2-3-11-12(4-9)19-13(14)17-11/h2-4,7,15H,5-6H2,1H3,(H2,14,17). The summed E-state index contributed by atoms with van der Waals surface area (Å²) >= 11 is 3.26. The Balaban J connectivity index is 1.64. The summed E-state index contributed by atoms with van der Waals surface area (Å²) in [6.07, 6.45) is 1.93. The van der Waals surface area contributed by atoms with Crippen LogP contribution in [-0.4, -0.2) is 9.97 Å². The van der Waals surface area contributed by atoms with E-state index < -0.39 is 0 Å². The van der Waals surface area contributed by atoms with Gasteiger partial charge in [0, 0.05) is 24.2 Å². The number of nitrogens with zero attached hydrogens (tertiary/aromatic N) is 2. The van der Waals surface area contributed by atoms with E-state index in [1.165, 1.54) is 21.8 Å². The molecule has 0 fully saturated rings. The Hall–Kier alpha value is -1.50. The van der Waals surface area contributed by atoms with Crippen molar-refractivity contribution in [2.24, 2.45) is 0 Å². The molecule has 0 spiro atoms. The number of nitrogens with one attached hydrogen (secondary N) is 1. The molecule has 0 amide bonds. The molecular formula is C13H14N4S2. The quantitative estimate of drug-likeness (QED) is 0.775. The van der Waals surface area contributed by atoms with Gasteiger partial charge in [0.15, 0.2) is 5.13 Å². The number of nitrogens with two attached hydrogens (primary N) is 1. The van der Waals surface area contributed by atoms with Gasteiger partial charge in [0.05, 0.1) is 15.2 Å². The minimum absolute atomic E-state index is 0.625. The van der Waals surface area contributed by atoms with Crippen molar-refractivity contribution in [3.63, 3.8) is 0 Å². The third-order valence-corrected chi connectivity index (χ3v) is 4.53. The van der Waals surface area contributed by atoms with Crippen molar-refractivity contribution in [2.45, 2.75) is 20.0 Å². The number of benzene rings is 1. The van der Waals surface area contributed by atoms with Crippen LogP contribution in [0.2, 0.25) is 0 Å². The van der Waals surface area contributed by atoms with Crippen molar-refractivity contribution in [1.29, 1.82) is 0 Å². The molecule has 1 aromatic carbocycles. The summed E-state index contributed by atoms with van der Waals surface area (Å²) in [6, 6.07) is 6.26. The maximum absolute atomic E-state index is 5.71. The molecule has 0 radical (unpaired) electrons. The molecule has 0 aliphatic heterocycles. The highest BCUT2D eigenvalue weighted by atomic mass is 32.1. The number of fused-ring (bicyclic) bond motifs is 1. The molecule has 0 aliphatic rings. The van der Waals surface area contributed by atoms with E-state index in [-0.39, 0.29) is 0 Å². The predicted octanol–water partition coefficient (Wildman–Crippen LogP) is 2.93. The SMILES string of the molecule is Cc1ncc(CNCc2ccc3nc(N)sc3c2)s1. The molecule has 3 rings (SSSR count). The number of hydrogen-bond acceptors (Lipinski definition) is 6. The number of hydrogen-bond donors (Lipinski definition) is 2. The molecule has 3 N–H and O–H groups in total. The minimum Gasteiger partial charge on any atom is -0.375 e. The fourth-order valence-electron chi connectivity index (χ4n) is 1.91. The molecular weight excluding hydrogens is 276 g/mol. The molecule has 0 aliphatic carbocycles. The van der Waals surface area contributed by atoms with Crippen LogP contribution < -0.4 is 11.1 Å². The number of anilines is 1. The van der Waals surface area contributed by atoms with E-state index in [0.29, 0.717) is 5.13 Å². The van der Waals surface area contributed by atoms with Gasteiger partial charge in [-0.1, -0.05) is 17.4 Å². The lowest BCUT2D eigenvalue weighted by Gasteiger charge is -2.03. The summed E-state index contributed by atoms with van der Waals surface area (Å²) in [6.45, 7) is 3.72. The van der Waals surface area contributed by atoms with Crippen LogP contribution in [0.4, 0.5) is 5.13 Å². The molecule has 0 atom stereocenters. The highest BCUT2D eigenvalue weighted by Crippen LogP contribution is 2.24. The van der Waals surface area contributed by atoms with Crippen molar-refractivity contribution in [1.82, 2.24) is 15.3 Å². The normalized spacial score (nSPS) is 11.2. The van der Waals surface area contributed by atoms with Crippen LogP contribution in [0, 0.1) is 6.92 Å². The fraction of sp³-hybridized carbons (Fsp3) is 0.231. The average molecular weight is 290 g/mol. The molecule has 0 bridgehead atoms. The van der Waals surface area contributed by atoms with E-state index in [4.69, 9.17) is 5.73 Å². The van der Waals surface area contributed by atoms with Gasteiger partial charge < -0.3 is 11.1 Å². The van der Waals surface area contributed by atoms with Crippen molar-refractivity contribution in [2.75, 3.05) is 5.73 Å². The summed E-state index contributed by atoms with van der Waals surface area (Å²) in [5.41, 5.74) is 7.93. The third kappa shape index (κ3) is 2.91. The first-order valence-corrected chi connectivity index (χ1v) is 7.61. The van der Waals surface area contributed by atoms with Crippen LogP contribution in [0.15, 0.2) is 24.4 Å². The zero-order chi connectivity index (χ0) is 13.2. The van der Waals surface area contributed by atoms with E-state index in [9.17, 15) is 0 Å². The second kappa shape index (κ2) is 5.24. The first-order valence-electron chi connectivity index (χ1n) is 5.98. The van der Waals surface area contributed by atoms with Crippen LogP contribution in [0.5, 0.6) is 0 Å². The molecule has 4 nitrogen and oxygen atoms in total. The van der Waals surface area contributed by atoms with Crippen molar-refractivity contribution < 1.29 is 0 Å². The second-order valence-electron chi connectivity index (χ2n) is 4.30. The minimum atomic E-state index is 0.625. The van der Waals surface area contributed by atoms with Gasteiger partial charge in [-0.25, -0.2) is 9.97 Å². The maximum atomic E-state index is 5.71. The summed E-state index contributed by atoms with van der Waals surface area (Å²) in [5, 5.41) is 5.16. The van der Waals surface area contributed by atoms with Gasteiger partial charge in [-0.2, -0.15) is 0 Å². The average Bonchev–Trinajstić information content (AvgIpc) is 2.94. The van der Waals surface area contributed by atoms with Gasteiger partial charge in [-0.3, -0.25) is 0 Å². The number of rotatable bonds is 4. The van der Waals surface area contributed by atoms with Crippen molar-refractivity contribution in [3.05, 3.63) is 39.8 Å². The number of aromatic nitrogens is 2. The Kier molecular flexibility index (Phi) is 3.46. The Morgan fingerprint density at radius 2 is 2.16 bits per heavy atom. The first kappa shape index (κ1) is 12.5. The molecule has 0 saturated heterocycles. The van der Waals surface area contributed by atoms with Gasteiger partial charge in [0.2, 0.25) is 0 Å². The highest BCUT2D eigenvalue weighted by Gasteiger charge is 2.02. The highest BCUT2D eigenvalue weighted by molar-refractivity contribution is 7.22. The van der Waals surface area contributed by atoms with E-state index >= 15 is 0 Å². The molecule has 6 heteroatoms. The van der Waals surface area contributed by atoms with Crippen molar-refractivity contribution >= 4 is 38.0 Å². The van der Waals surface area contributed by atoms with Crippen LogP contribution in [0.3, 0.4) is 0 Å². The van der Waals surface area contributed by atoms with Crippen LogP contribution in [-0.2, 0) is 13.1 Å². The van der Waals surface area contributed by atoms with Gasteiger partial charge in [0.25, 0.3) is 0 Å². The van der Waals surface area contributed by atoms with Crippen LogP contribution in [0.1, 0.15) is 15.4 Å². The predicted molar refractivity (Wildman–Crippen MR) is 81.4 cm³/mol. The van der Waals surface area contributed by atoms with Crippen molar-refractivity contribution in [3.8, 4) is 0 Å². The molecule has 98 valence electrons. The Bertz CT molecular complexity index is 702. The molecule has 2 aromatic heterocycles. The number of nitrogen functional groups attached to an aromatic ring is 1. The van der Waals surface area contributed by atoms with E-state index in [1.807, 2.05) is 19.2 Å². The van der Waals surface area contributed by atoms with Gasteiger partial charge in [-0.15, -0.1) is 11.3 Å². The lowest BCUT2D eigenvalue weighted by atomic mass is 10.2. The lowest BCUT2D eigenvalue weighted by molar-refractivity contribution is 0.700. The molecule has 0 saturated carbocycles. The summed E-state index contributed by atoms with van der Waals surface area (Å²) in [7, 11) is 0. The topological polar surface area (TPSA) is 63.8 Å². The number of aryl methyl sites for hydroxylation is 1. The lowest BCUT2D eigenvalue weighted by Crippen LogP contribution is -2.11. The summed E-state index contributed by atoms with van der Waals surface area (Å²) in [4.78, 5) is 9.76. The Morgan fingerprint density at radius 3 is 2.95 bits per heavy atom. The summed E-state index contributed by atoms with van der Waals surface area (Å²) < 4.78 is 1.14. The molecule has 0 unspecified atom stereocenters. The van der Waals surface area contributed by atoms with Gasteiger partial charge in [0.1, 0.15) is 0 Å². The van der Waals surface area contributed by atoms with E-state index in [2.05, 4.69) is 27.4 Å². The van der Waals surface area contributed by atoms with Crippen LogP contribution in [0.25, 0.3) is 10.2 Å². The number of thiazole rings is 2. The Labute approximate surface area is 119 Å². The third-order valence-electron chi connectivity index (χ3n) is 2.77. The zero-order valence-electron chi connectivity index (χ0n) is 10.5. The van der Waals surface area contributed by atoms with E-state index in [1.54, 1.807) is 11.3 Å². The largest absolute Gasteiger partial charge is 0.375 e. The maximum Gasteiger partial charge on any atom is 0.181 e. The van der Waals surface area contributed by atoms with E-state index in [0.717, 1.165) is 28.3 Å². The smallest absolute Gasteiger partial charge is 0.181 e. The second-order valence-corrected chi connectivity index (χ2v) is 6.68. The molecule has 3 aromatic rings. The molecule has 19 heavy (non-hydrogen) atoms. The molecule has 2 heterocycles.